The van der Waals surface area contributed by atoms with Crippen LogP contribution in [0.4, 0.5) is 0 Å². The van der Waals surface area contributed by atoms with E-state index in [9.17, 15) is 9.59 Å². The number of hydrogen-bond acceptors (Lipinski definition) is 5. The Hall–Kier alpha value is -4.72. The van der Waals surface area contributed by atoms with E-state index in [2.05, 4.69) is 4.98 Å². The first-order valence-corrected chi connectivity index (χ1v) is 13.9. The molecule has 210 valence electrons. The summed E-state index contributed by atoms with van der Waals surface area (Å²) in [6.45, 7) is 0. The van der Waals surface area contributed by atoms with Crippen LogP contribution >= 0.6 is 11.6 Å². The molecule has 0 spiro atoms. The molecule has 0 unspecified atom stereocenters. The highest BCUT2D eigenvalue weighted by molar-refractivity contribution is 6.30. The van der Waals surface area contributed by atoms with Crippen molar-refractivity contribution in [3.8, 4) is 16.9 Å². The number of H-pyrrole nitrogens is 1. The number of carbonyl (C=O) groups excluding carboxylic acids is 1. The van der Waals surface area contributed by atoms with Gasteiger partial charge in [0.2, 0.25) is 0 Å². The largest absolute Gasteiger partial charge is 0.497 e. The molecule has 5 aromatic rings. The minimum atomic E-state index is -0.881. The topological polar surface area (TPSA) is 84.0 Å². The predicted molar refractivity (Wildman–Crippen MR) is 165 cm³/mol. The van der Waals surface area contributed by atoms with Gasteiger partial charge in [-0.15, -0.1) is 0 Å². The molecule has 0 bridgehead atoms. The number of para-hydroxylation sites is 1. The Balaban J connectivity index is 1.54. The van der Waals surface area contributed by atoms with Crippen molar-refractivity contribution in [3.05, 3.63) is 135 Å². The lowest BCUT2D eigenvalue weighted by molar-refractivity contribution is -0.144. The van der Waals surface area contributed by atoms with Crippen LogP contribution in [0.3, 0.4) is 0 Å². The van der Waals surface area contributed by atoms with Crippen molar-refractivity contribution < 1.29 is 14.3 Å². The molecule has 1 aliphatic heterocycles. The zero-order valence-electron chi connectivity index (χ0n) is 23.1. The van der Waals surface area contributed by atoms with Gasteiger partial charge in [0.25, 0.3) is 11.5 Å². The molecule has 1 amide bonds. The van der Waals surface area contributed by atoms with Crippen LogP contribution in [0.1, 0.15) is 35.3 Å². The third-order valence-electron chi connectivity index (χ3n) is 7.52. The smallest absolute Gasteiger partial charge is 0.276 e. The lowest BCUT2D eigenvalue weighted by atomic mass is 9.91. The lowest BCUT2D eigenvalue weighted by Crippen LogP contribution is -2.32. The molecule has 7 nitrogen and oxygen atoms in total. The van der Waals surface area contributed by atoms with E-state index in [1.165, 1.54) is 12.1 Å². The number of aromatic nitrogens is 1. The average Bonchev–Trinajstić information content (AvgIpc) is 3.47. The number of benzene rings is 4. The summed E-state index contributed by atoms with van der Waals surface area (Å²) in [5.74, 6) is 0.321. The van der Waals surface area contributed by atoms with E-state index in [-0.39, 0.29) is 11.5 Å². The molecular weight excluding hydrogens is 550 g/mol. The zero-order chi connectivity index (χ0) is 29.2. The fourth-order valence-electron chi connectivity index (χ4n) is 5.54. The van der Waals surface area contributed by atoms with Crippen molar-refractivity contribution >= 4 is 34.1 Å². The summed E-state index contributed by atoms with van der Waals surface area (Å²) in [5.41, 5.74) is 4.41. The number of aromatic amines is 1. The van der Waals surface area contributed by atoms with Gasteiger partial charge >= 0.3 is 0 Å². The summed E-state index contributed by atoms with van der Waals surface area (Å²) in [4.78, 5) is 31.0. The number of ether oxygens (including phenoxy) is 2. The third-order valence-corrected chi connectivity index (χ3v) is 7.77. The number of fused-ring (bicyclic) bond motifs is 1. The average molecular weight is 578 g/mol. The molecule has 1 aromatic heterocycles. The fourth-order valence-corrected chi connectivity index (χ4v) is 5.66. The Morgan fingerprint density at radius 2 is 1.67 bits per heavy atom. The normalized spacial score (nSPS) is 15.5. The first kappa shape index (κ1) is 27.4. The number of carbonyl (C=O) groups is 1. The van der Waals surface area contributed by atoms with Crippen LogP contribution in [0, 0.1) is 0 Å². The second kappa shape index (κ2) is 11.6. The maximum absolute atomic E-state index is 14.1. The SMILES string of the molecule is COc1cccc([C@@H]2CC(c3c(-c4ccc(Cl)cc4)c4ccccc4[nH]c3=O)=NN2C(=O)[C@H](OC)c2ccccc2)c1. The Morgan fingerprint density at radius 3 is 2.40 bits per heavy atom. The molecule has 6 rings (SSSR count). The molecule has 0 aliphatic carbocycles. The van der Waals surface area contributed by atoms with Crippen LogP contribution in [0.5, 0.6) is 5.75 Å². The van der Waals surface area contributed by atoms with Crippen LogP contribution in [0.2, 0.25) is 5.02 Å². The number of rotatable bonds is 7. The van der Waals surface area contributed by atoms with Crippen LogP contribution in [0.15, 0.2) is 113 Å². The number of halogens is 1. The Bertz CT molecular complexity index is 1850. The molecule has 2 atom stereocenters. The minimum Gasteiger partial charge on any atom is -0.497 e. The van der Waals surface area contributed by atoms with Gasteiger partial charge in [0.15, 0.2) is 6.10 Å². The molecule has 8 heteroatoms. The quantitative estimate of drug-likeness (QED) is 0.227. The number of hydrazone groups is 1. The maximum atomic E-state index is 14.1. The highest BCUT2D eigenvalue weighted by Crippen LogP contribution is 2.39. The monoisotopic (exact) mass is 577 g/mol. The van der Waals surface area contributed by atoms with Gasteiger partial charge < -0.3 is 14.5 Å². The number of nitrogens with one attached hydrogen (secondary N) is 1. The van der Waals surface area contributed by atoms with E-state index in [0.29, 0.717) is 39.5 Å². The molecule has 4 aromatic carbocycles. The molecule has 0 fully saturated rings. The second-order valence-corrected chi connectivity index (χ2v) is 10.4. The van der Waals surface area contributed by atoms with Gasteiger partial charge in [-0.05, 0) is 47.0 Å². The first-order chi connectivity index (χ1) is 20.5. The van der Waals surface area contributed by atoms with E-state index in [1.807, 2.05) is 91.0 Å². The fraction of sp³-hybridized carbons (Fsp3) is 0.147. The van der Waals surface area contributed by atoms with Crippen molar-refractivity contribution in [1.29, 1.82) is 0 Å². The van der Waals surface area contributed by atoms with Gasteiger partial charge in [-0.2, -0.15) is 5.10 Å². The molecule has 1 aliphatic rings. The van der Waals surface area contributed by atoms with Crippen LogP contribution in [0.25, 0.3) is 22.0 Å². The van der Waals surface area contributed by atoms with Gasteiger partial charge in [-0.25, -0.2) is 5.01 Å². The Kier molecular flexibility index (Phi) is 7.61. The Labute approximate surface area is 248 Å². The van der Waals surface area contributed by atoms with Crippen molar-refractivity contribution in [2.45, 2.75) is 18.6 Å². The van der Waals surface area contributed by atoms with Crippen LogP contribution in [-0.2, 0) is 9.53 Å². The highest BCUT2D eigenvalue weighted by Gasteiger charge is 2.39. The first-order valence-electron chi connectivity index (χ1n) is 13.5. The summed E-state index contributed by atoms with van der Waals surface area (Å²) in [5, 5.41) is 7.77. The molecule has 0 saturated carbocycles. The highest BCUT2D eigenvalue weighted by atomic mass is 35.5. The van der Waals surface area contributed by atoms with E-state index < -0.39 is 12.1 Å². The summed E-state index contributed by atoms with van der Waals surface area (Å²) in [6.07, 6.45) is -0.570. The third kappa shape index (κ3) is 5.09. The summed E-state index contributed by atoms with van der Waals surface area (Å²) >= 11 is 6.22. The molecule has 2 heterocycles. The van der Waals surface area contributed by atoms with Gasteiger partial charge in [0.05, 0.1) is 24.4 Å². The van der Waals surface area contributed by atoms with E-state index in [0.717, 1.165) is 22.1 Å². The second-order valence-electron chi connectivity index (χ2n) is 10.0. The van der Waals surface area contributed by atoms with Crippen molar-refractivity contribution in [2.24, 2.45) is 5.10 Å². The predicted octanol–water partition coefficient (Wildman–Crippen LogP) is 6.92. The molecule has 42 heavy (non-hydrogen) atoms. The van der Waals surface area contributed by atoms with Crippen molar-refractivity contribution in [3.63, 3.8) is 0 Å². The molecule has 1 N–H and O–H groups in total. The van der Waals surface area contributed by atoms with Crippen LogP contribution < -0.4 is 10.3 Å². The number of amides is 1. The number of pyridine rings is 1. The zero-order valence-corrected chi connectivity index (χ0v) is 23.8. The van der Waals surface area contributed by atoms with E-state index >= 15 is 0 Å². The van der Waals surface area contributed by atoms with Gasteiger partial charge in [-0.1, -0.05) is 84.4 Å². The summed E-state index contributed by atoms with van der Waals surface area (Å²) in [7, 11) is 3.10. The van der Waals surface area contributed by atoms with Crippen molar-refractivity contribution in [2.75, 3.05) is 14.2 Å². The Morgan fingerprint density at radius 1 is 0.929 bits per heavy atom. The van der Waals surface area contributed by atoms with E-state index in [1.54, 1.807) is 19.2 Å². The van der Waals surface area contributed by atoms with Gasteiger partial charge in [-0.3, -0.25) is 9.59 Å². The molecule has 0 radical (unpaired) electrons. The van der Waals surface area contributed by atoms with Gasteiger partial charge in [0, 0.05) is 35.0 Å². The van der Waals surface area contributed by atoms with E-state index in [4.69, 9.17) is 26.2 Å². The van der Waals surface area contributed by atoms with Gasteiger partial charge in [0.1, 0.15) is 5.75 Å². The summed E-state index contributed by atoms with van der Waals surface area (Å²) < 4.78 is 11.2. The standard InChI is InChI=1S/C34H28ClN3O4/c1-41-25-12-8-11-23(19-25)29-20-28(37-38(29)34(40)32(42-2)22-9-4-3-5-10-22)31-30(21-15-17-24(35)18-16-21)26-13-6-7-14-27(26)36-33(31)39/h3-19,29,32H,20H2,1-2H3,(H,36,39)/t29-,32+/m0/s1. The number of nitrogens with zero attached hydrogens (tertiary/aromatic N) is 2. The molecule has 0 saturated heterocycles. The van der Waals surface area contributed by atoms with Crippen molar-refractivity contribution in [1.82, 2.24) is 9.99 Å². The van der Waals surface area contributed by atoms with Crippen LogP contribution in [-0.4, -0.2) is 35.8 Å². The minimum absolute atomic E-state index is 0.289. The number of hydrogen-bond donors (Lipinski definition) is 1. The summed E-state index contributed by atoms with van der Waals surface area (Å²) in [6, 6.07) is 31.4. The molecular formula is C34H28ClN3O4. The number of methoxy groups -OCH3 is 2. The maximum Gasteiger partial charge on any atom is 0.276 e. The lowest BCUT2D eigenvalue weighted by Gasteiger charge is -2.26.